The van der Waals surface area contributed by atoms with Crippen LogP contribution in [-0.4, -0.2) is 73.3 Å². The maximum Gasteiger partial charge on any atom is 0.169 e. The minimum Gasteiger partial charge on any atom is -0.391 e. The first-order chi connectivity index (χ1) is 9.38. The van der Waals surface area contributed by atoms with Crippen LogP contribution in [-0.2, 0) is 19.7 Å². The van der Waals surface area contributed by atoms with Crippen molar-refractivity contribution >= 4 is 42.9 Å². The second-order valence-corrected chi connectivity index (χ2v) is 11.3. The zero-order valence-electron chi connectivity index (χ0n) is 11.7. The zero-order chi connectivity index (χ0) is 16.8. The third-order valence-corrected chi connectivity index (χ3v) is 7.91. The number of halogens is 2. The summed E-state index contributed by atoms with van der Waals surface area (Å²) in [7, 11) is -7.18. The number of alkyl halides is 2. The normalized spacial score (nSPS) is 19.0. The highest BCUT2D eigenvalue weighted by molar-refractivity contribution is 7.93. The van der Waals surface area contributed by atoms with Crippen molar-refractivity contribution in [3.63, 3.8) is 0 Å². The summed E-state index contributed by atoms with van der Waals surface area (Å²) < 4.78 is 43.5. The van der Waals surface area contributed by atoms with Crippen LogP contribution in [0.1, 0.15) is 13.8 Å². The van der Waals surface area contributed by atoms with Gasteiger partial charge in [-0.25, -0.2) is 16.8 Å². The highest BCUT2D eigenvalue weighted by atomic mass is 35.5. The van der Waals surface area contributed by atoms with Gasteiger partial charge in [-0.1, -0.05) is 0 Å². The van der Waals surface area contributed by atoms with Gasteiger partial charge in [-0.05, 0) is 13.8 Å². The van der Waals surface area contributed by atoms with Crippen LogP contribution in [0.5, 0.6) is 0 Å². The van der Waals surface area contributed by atoms with E-state index in [0.717, 1.165) is 0 Å². The molecule has 0 aromatic carbocycles. The minimum atomic E-state index is -3.59. The van der Waals surface area contributed by atoms with Crippen molar-refractivity contribution < 1.29 is 27.0 Å². The highest BCUT2D eigenvalue weighted by Crippen LogP contribution is 2.09. The van der Waals surface area contributed by atoms with Gasteiger partial charge in [0.25, 0.3) is 0 Å². The number of aliphatic hydroxyl groups excluding tert-OH is 2. The molecular formula is C10H21Cl2NO6S2. The first-order valence-electron chi connectivity index (χ1n) is 6.16. The lowest BCUT2D eigenvalue weighted by Gasteiger charge is -2.16. The van der Waals surface area contributed by atoms with Gasteiger partial charge in [0.05, 0.1) is 23.7 Å². The smallest absolute Gasteiger partial charge is 0.169 e. The van der Waals surface area contributed by atoms with Crippen molar-refractivity contribution in [2.24, 2.45) is 0 Å². The molecule has 21 heavy (non-hydrogen) atoms. The molecule has 0 aliphatic heterocycles. The Kier molecular flexibility index (Phi) is 9.00. The fourth-order valence-electron chi connectivity index (χ4n) is 1.34. The van der Waals surface area contributed by atoms with Gasteiger partial charge in [0.1, 0.15) is 9.42 Å². The molecule has 0 aromatic rings. The molecule has 4 atom stereocenters. The van der Waals surface area contributed by atoms with Crippen molar-refractivity contribution in [1.29, 1.82) is 0 Å². The van der Waals surface area contributed by atoms with Gasteiger partial charge in [0.15, 0.2) is 19.7 Å². The van der Waals surface area contributed by atoms with Crippen molar-refractivity contribution in [2.75, 3.05) is 24.6 Å². The summed E-state index contributed by atoms with van der Waals surface area (Å²) in [5.74, 6) is -1.03. The SMILES string of the molecule is CC(Cl)S(=O)(=O)CC(O)CNCC(O)CS(=O)(=O)C(C)Cl. The second kappa shape index (κ2) is 8.85. The molecule has 0 aromatic heterocycles. The molecule has 4 unspecified atom stereocenters. The molecule has 7 nitrogen and oxygen atoms in total. The Hall–Kier alpha value is 0.360. The number of hydrogen-bond acceptors (Lipinski definition) is 7. The van der Waals surface area contributed by atoms with Gasteiger partial charge in [-0.3, -0.25) is 0 Å². The highest BCUT2D eigenvalue weighted by Gasteiger charge is 2.24. The Bertz CT molecular complexity index is 460. The van der Waals surface area contributed by atoms with Gasteiger partial charge in [0, 0.05) is 13.1 Å². The molecule has 0 rings (SSSR count). The van der Waals surface area contributed by atoms with Crippen molar-refractivity contribution in [1.82, 2.24) is 5.32 Å². The van der Waals surface area contributed by atoms with Crippen LogP contribution in [0.2, 0.25) is 0 Å². The van der Waals surface area contributed by atoms with E-state index >= 15 is 0 Å². The lowest BCUT2D eigenvalue weighted by Crippen LogP contribution is -2.40. The lowest BCUT2D eigenvalue weighted by atomic mass is 10.3. The number of nitrogens with one attached hydrogen (secondary N) is 1. The summed E-state index contributed by atoms with van der Waals surface area (Å²) >= 11 is 10.9. The zero-order valence-corrected chi connectivity index (χ0v) is 14.9. The third-order valence-electron chi connectivity index (χ3n) is 2.60. The van der Waals surface area contributed by atoms with E-state index in [1.165, 1.54) is 13.8 Å². The molecule has 128 valence electrons. The molecule has 3 N–H and O–H groups in total. The molecular weight excluding hydrogens is 365 g/mol. The first-order valence-corrected chi connectivity index (χ1v) is 10.5. The monoisotopic (exact) mass is 385 g/mol. The summed E-state index contributed by atoms with van der Waals surface area (Å²) in [6, 6.07) is 0. The molecule has 0 aliphatic rings. The van der Waals surface area contributed by atoms with Gasteiger partial charge >= 0.3 is 0 Å². The maximum absolute atomic E-state index is 11.4. The summed E-state index contributed by atoms with van der Waals surface area (Å²) in [4.78, 5) is 0. The fourth-order valence-corrected chi connectivity index (χ4v) is 3.61. The molecule has 0 bridgehead atoms. The van der Waals surface area contributed by atoms with E-state index in [4.69, 9.17) is 23.2 Å². The standard InChI is InChI=1S/C10H21Cl2NO6S2/c1-7(11)20(16,17)5-9(14)3-13-4-10(15)6-21(18,19)8(2)12/h7-10,13-15H,3-6H2,1-2H3. The Labute approximate surface area is 135 Å². The quantitative estimate of drug-likeness (QED) is 0.425. The Morgan fingerprint density at radius 1 is 0.857 bits per heavy atom. The van der Waals surface area contributed by atoms with E-state index in [9.17, 15) is 27.0 Å². The Balaban J connectivity index is 4.16. The van der Waals surface area contributed by atoms with Crippen LogP contribution >= 0.6 is 23.2 Å². The van der Waals surface area contributed by atoms with Crippen LogP contribution < -0.4 is 5.32 Å². The average molecular weight is 386 g/mol. The van der Waals surface area contributed by atoms with Gasteiger partial charge in [0.2, 0.25) is 0 Å². The van der Waals surface area contributed by atoms with E-state index in [2.05, 4.69) is 5.32 Å². The van der Waals surface area contributed by atoms with E-state index in [1.807, 2.05) is 0 Å². The molecule has 0 fully saturated rings. The number of aliphatic hydroxyl groups is 2. The van der Waals surface area contributed by atoms with Crippen molar-refractivity contribution in [3.8, 4) is 0 Å². The predicted molar refractivity (Wildman–Crippen MR) is 83.1 cm³/mol. The van der Waals surface area contributed by atoms with E-state index in [-0.39, 0.29) is 13.1 Å². The molecule has 0 radical (unpaired) electrons. The van der Waals surface area contributed by atoms with Gasteiger partial charge in [-0.15, -0.1) is 23.2 Å². The van der Waals surface area contributed by atoms with Crippen molar-refractivity contribution in [2.45, 2.75) is 35.5 Å². The third kappa shape index (κ3) is 8.53. The molecule has 0 heterocycles. The average Bonchev–Trinajstić information content (AvgIpc) is 2.26. The topological polar surface area (TPSA) is 121 Å². The van der Waals surface area contributed by atoms with E-state index < -0.39 is 52.8 Å². The van der Waals surface area contributed by atoms with Gasteiger partial charge < -0.3 is 15.5 Å². The molecule has 0 saturated carbocycles. The molecule has 0 aliphatic carbocycles. The van der Waals surface area contributed by atoms with E-state index in [1.54, 1.807) is 0 Å². The Morgan fingerprint density at radius 3 is 1.38 bits per heavy atom. The first kappa shape index (κ1) is 21.4. The minimum absolute atomic E-state index is 0.115. The largest absolute Gasteiger partial charge is 0.391 e. The summed E-state index contributed by atoms with van der Waals surface area (Å²) in [6.45, 7) is 2.35. The van der Waals surface area contributed by atoms with Crippen LogP contribution in [0.15, 0.2) is 0 Å². The fraction of sp³-hybridized carbons (Fsp3) is 1.00. The number of hydrogen-bond donors (Lipinski definition) is 3. The van der Waals surface area contributed by atoms with Crippen molar-refractivity contribution in [3.05, 3.63) is 0 Å². The number of sulfone groups is 2. The molecule has 0 saturated heterocycles. The number of rotatable bonds is 10. The van der Waals surface area contributed by atoms with Gasteiger partial charge in [-0.2, -0.15) is 0 Å². The van der Waals surface area contributed by atoms with Crippen LogP contribution in [0.25, 0.3) is 0 Å². The molecule has 11 heteroatoms. The predicted octanol–water partition coefficient (Wildman–Crippen LogP) is -0.703. The summed E-state index contributed by atoms with van der Waals surface area (Å²) in [5, 5.41) is 21.7. The second-order valence-electron chi connectivity index (χ2n) is 4.71. The molecule has 0 spiro atoms. The Morgan fingerprint density at radius 2 is 1.14 bits per heavy atom. The maximum atomic E-state index is 11.4. The lowest BCUT2D eigenvalue weighted by molar-refractivity contribution is 0.167. The molecule has 0 amide bonds. The van der Waals surface area contributed by atoms with E-state index in [0.29, 0.717) is 0 Å². The summed E-state index contributed by atoms with van der Waals surface area (Å²) in [5.41, 5.74) is 0. The summed E-state index contributed by atoms with van der Waals surface area (Å²) in [6.07, 6.45) is -2.40. The van der Waals surface area contributed by atoms with Crippen LogP contribution in [0, 0.1) is 0 Å². The van der Waals surface area contributed by atoms with Crippen LogP contribution in [0.3, 0.4) is 0 Å². The van der Waals surface area contributed by atoms with Crippen LogP contribution in [0.4, 0.5) is 0 Å².